The zero-order valence-electron chi connectivity index (χ0n) is 8.09. The van der Waals surface area contributed by atoms with Crippen LogP contribution in [0.2, 0.25) is 5.02 Å². The first-order valence-electron chi connectivity index (χ1n) is 4.39. The quantitative estimate of drug-likeness (QED) is 0.489. The normalized spacial score (nSPS) is 10.3. The van der Waals surface area contributed by atoms with E-state index < -0.39 is 0 Å². The first kappa shape index (κ1) is 11.0. The van der Waals surface area contributed by atoms with Gasteiger partial charge in [-0.3, -0.25) is 0 Å². The molecule has 0 aliphatic rings. The van der Waals surface area contributed by atoms with E-state index in [4.69, 9.17) is 17.3 Å². The summed E-state index contributed by atoms with van der Waals surface area (Å²) in [5, 5.41) is 10.4. The molecule has 6 heteroatoms. The number of para-hydroxylation sites is 1. The molecule has 0 saturated carbocycles. The molecule has 0 bridgehead atoms. The minimum atomic E-state index is 0.0546. The zero-order valence-corrected chi connectivity index (χ0v) is 9.66. The number of phenols is 1. The Labute approximate surface area is 101 Å². The molecule has 0 radical (unpaired) electrons. The van der Waals surface area contributed by atoms with Crippen LogP contribution in [-0.2, 0) is 0 Å². The van der Waals surface area contributed by atoms with Crippen LogP contribution < -0.4 is 5.73 Å². The molecule has 0 fully saturated rings. The SMILES string of the molecule is Nc1c(O)cccc1Sc1ncc(Cl)cn1. The average molecular weight is 254 g/mol. The smallest absolute Gasteiger partial charge is 0.192 e. The van der Waals surface area contributed by atoms with E-state index in [9.17, 15) is 5.11 Å². The van der Waals surface area contributed by atoms with Crippen molar-refractivity contribution in [2.45, 2.75) is 10.1 Å². The van der Waals surface area contributed by atoms with Crippen molar-refractivity contribution >= 4 is 29.1 Å². The summed E-state index contributed by atoms with van der Waals surface area (Å²) in [6.45, 7) is 0. The number of hydrogen-bond acceptors (Lipinski definition) is 5. The third-order valence-electron chi connectivity index (χ3n) is 1.84. The van der Waals surface area contributed by atoms with Gasteiger partial charge in [-0.1, -0.05) is 17.7 Å². The second kappa shape index (κ2) is 4.59. The van der Waals surface area contributed by atoms with E-state index in [1.54, 1.807) is 12.1 Å². The van der Waals surface area contributed by atoms with Crippen molar-refractivity contribution in [3.63, 3.8) is 0 Å². The highest BCUT2D eigenvalue weighted by molar-refractivity contribution is 7.99. The van der Waals surface area contributed by atoms with E-state index in [0.717, 1.165) is 0 Å². The average Bonchev–Trinajstić information content (AvgIpc) is 2.28. The van der Waals surface area contributed by atoms with Crippen LogP contribution in [0.3, 0.4) is 0 Å². The molecule has 0 aliphatic heterocycles. The summed E-state index contributed by atoms with van der Waals surface area (Å²) >= 11 is 6.94. The molecule has 0 unspecified atom stereocenters. The first-order valence-corrected chi connectivity index (χ1v) is 5.59. The van der Waals surface area contributed by atoms with Crippen LogP contribution >= 0.6 is 23.4 Å². The summed E-state index contributed by atoms with van der Waals surface area (Å²) in [7, 11) is 0. The van der Waals surface area contributed by atoms with Gasteiger partial charge in [0.2, 0.25) is 0 Å². The van der Waals surface area contributed by atoms with Gasteiger partial charge in [0.25, 0.3) is 0 Å². The van der Waals surface area contributed by atoms with E-state index in [0.29, 0.717) is 20.8 Å². The highest BCUT2D eigenvalue weighted by atomic mass is 35.5. The lowest BCUT2D eigenvalue weighted by Crippen LogP contribution is -1.90. The Hall–Kier alpha value is -1.46. The Bertz CT molecular complexity index is 504. The van der Waals surface area contributed by atoms with E-state index in [2.05, 4.69) is 9.97 Å². The molecular weight excluding hydrogens is 246 g/mol. The number of phenolic OH excluding ortho intramolecular Hbond substituents is 1. The lowest BCUT2D eigenvalue weighted by Gasteiger charge is -2.05. The van der Waals surface area contributed by atoms with Gasteiger partial charge in [0.15, 0.2) is 5.16 Å². The van der Waals surface area contributed by atoms with Crippen LogP contribution in [0, 0.1) is 0 Å². The topological polar surface area (TPSA) is 72.0 Å². The molecule has 0 aliphatic carbocycles. The fraction of sp³-hybridized carbons (Fsp3) is 0. The molecular formula is C10H8ClN3OS. The number of hydrogen-bond donors (Lipinski definition) is 2. The van der Waals surface area contributed by atoms with Gasteiger partial charge in [0.1, 0.15) is 5.75 Å². The van der Waals surface area contributed by atoms with Crippen molar-refractivity contribution < 1.29 is 5.11 Å². The summed E-state index contributed by atoms with van der Waals surface area (Å²) in [5.74, 6) is 0.0546. The molecule has 4 nitrogen and oxygen atoms in total. The zero-order chi connectivity index (χ0) is 11.5. The van der Waals surface area contributed by atoms with Crippen molar-refractivity contribution in [1.29, 1.82) is 0 Å². The maximum absolute atomic E-state index is 9.42. The summed E-state index contributed by atoms with van der Waals surface area (Å²) < 4.78 is 0. The number of nitrogen functional groups attached to an aromatic ring is 1. The monoisotopic (exact) mass is 253 g/mol. The summed E-state index contributed by atoms with van der Waals surface area (Å²) in [6, 6.07) is 5.03. The number of benzene rings is 1. The van der Waals surface area contributed by atoms with Gasteiger partial charge >= 0.3 is 0 Å². The lowest BCUT2D eigenvalue weighted by molar-refractivity contribution is 0.477. The molecule has 1 heterocycles. The van der Waals surface area contributed by atoms with E-state index in [1.165, 1.54) is 30.2 Å². The lowest BCUT2D eigenvalue weighted by atomic mass is 10.3. The standard InChI is InChI=1S/C10H8ClN3OS/c11-6-4-13-10(14-5-6)16-8-3-1-2-7(15)9(8)12/h1-5,15H,12H2. The van der Waals surface area contributed by atoms with Crippen LogP contribution in [0.25, 0.3) is 0 Å². The number of nitrogens with two attached hydrogens (primary N) is 1. The molecule has 0 atom stereocenters. The number of aromatic nitrogens is 2. The van der Waals surface area contributed by atoms with Gasteiger partial charge in [-0.25, -0.2) is 9.97 Å². The van der Waals surface area contributed by atoms with Crippen LogP contribution in [0.1, 0.15) is 0 Å². The second-order valence-corrected chi connectivity index (χ2v) is 4.42. The molecule has 1 aromatic heterocycles. The van der Waals surface area contributed by atoms with Crippen LogP contribution in [0.5, 0.6) is 5.75 Å². The van der Waals surface area contributed by atoms with Crippen LogP contribution in [-0.4, -0.2) is 15.1 Å². The Morgan fingerprint density at radius 1 is 1.25 bits per heavy atom. The largest absolute Gasteiger partial charge is 0.506 e. The maximum atomic E-state index is 9.42. The Morgan fingerprint density at radius 2 is 1.94 bits per heavy atom. The Kier molecular flexibility index (Phi) is 3.17. The van der Waals surface area contributed by atoms with Crippen molar-refractivity contribution in [3.05, 3.63) is 35.6 Å². The fourth-order valence-corrected chi connectivity index (χ4v) is 1.94. The molecule has 3 N–H and O–H groups in total. The molecule has 2 rings (SSSR count). The van der Waals surface area contributed by atoms with Crippen LogP contribution in [0.4, 0.5) is 5.69 Å². The molecule has 2 aromatic rings. The van der Waals surface area contributed by atoms with Gasteiger partial charge in [-0.2, -0.15) is 0 Å². The molecule has 82 valence electrons. The first-order chi connectivity index (χ1) is 7.66. The summed E-state index contributed by atoms with van der Waals surface area (Å²) in [4.78, 5) is 8.76. The molecule has 0 spiro atoms. The van der Waals surface area contributed by atoms with Gasteiger partial charge in [0.05, 0.1) is 23.1 Å². The summed E-state index contributed by atoms with van der Waals surface area (Å²) in [5.41, 5.74) is 6.03. The molecule has 16 heavy (non-hydrogen) atoms. The van der Waals surface area contributed by atoms with Crippen molar-refractivity contribution in [1.82, 2.24) is 9.97 Å². The van der Waals surface area contributed by atoms with Gasteiger partial charge in [-0.15, -0.1) is 0 Å². The van der Waals surface area contributed by atoms with Gasteiger partial charge < -0.3 is 10.8 Å². The third kappa shape index (κ3) is 2.37. The Balaban J connectivity index is 2.27. The van der Waals surface area contributed by atoms with Crippen molar-refractivity contribution in [2.24, 2.45) is 0 Å². The predicted octanol–water partition coefficient (Wildman–Crippen LogP) is 2.57. The second-order valence-electron chi connectivity index (χ2n) is 2.97. The van der Waals surface area contributed by atoms with E-state index in [-0.39, 0.29) is 5.75 Å². The molecule has 1 aromatic carbocycles. The fourth-order valence-electron chi connectivity index (χ4n) is 1.07. The van der Waals surface area contributed by atoms with Crippen LogP contribution in [0.15, 0.2) is 40.6 Å². The number of rotatable bonds is 2. The van der Waals surface area contributed by atoms with Crippen molar-refractivity contribution in [2.75, 3.05) is 5.73 Å². The van der Waals surface area contributed by atoms with E-state index >= 15 is 0 Å². The third-order valence-corrected chi connectivity index (χ3v) is 3.01. The number of halogens is 1. The summed E-state index contributed by atoms with van der Waals surface area (Å²) in [6.07, 6.45) is 3.02. The number of nitrogens with zero attached hydrogens (tertiary/aromatic N) is 2. The number of aromatic hydroxyl groups is 1. The highest BCUT2D eigenvalue weighted by Gasteiger charge is 2.07. The Morgan fingerprint density at radius 3 is 2.62 bits per heavy atom. The number of anilines is 1. The van der Waals surface area contributed by atoms with Gasteiger partial charge in [0, 0.05) is 4.90 Å². The minimum absolute atomic E-state index is 0.0546. The van der Waals surface area contributed by atoms with E-state index in [1.807, 2.05) is 0 Å². The van der Waals surface area contributed by atoms with Crippen molar-refractivity contribution in [3.8, 4) is 5.75 Å². The van der Waals surface area contributed by atoms with Gasteiger partial charge in [-0.05, 0) is 23.9 Å². The minimum Gasteiger partial charge on any atom is -0.506 e. The maximum Gasteiger partial charge on any atom is 0.192 e. The highest BCUT2D eigenvalue weighted by Crippen LogP contribution is 2.34. The molecule has 0 saturated heterocycles. The molecule has 0 amide bonds. The predicted molar refractivity (Wildman–Crippen MR) is 63.7 cm³/mol.